The molecule has 7 nitrogen and oxygen atoms in total. The highest BCUT2D eigenvalue weighted by Gasteiger charge is 2.20. The van der Waals surface area contributed by atoms with E-state index in [1.54, 1.807) is 6.92 Å². The van der Waals surface area contributed by atoms with Gasteiger partial charge in [-0.25, -0.2) is 8.42 Å². The van der Waals surface area contributed by atoms with Crippen molar-refractivity contribution in [3.05, 3.63) is 23.8 Å². The van der Waals surface area contributed by atoms with Crippen LogP contribution in [0.4, 0.5) is 5.69 Å². The highest BCUT2D eigenvalue weighted by atomic mass is 32.2. The highest BCUT2D eigenvalue weighted by molar-refractivity contribution is 7.89. The molecule has 0 heterocycles. The fourth-order valence-electron chi connectivity index (χ4n) is 1.88. The van der Waals surface area contributed by atoms with Gasteiger partial charge in [0.2, 0.25) is 15.9 Å². The number of anilines is 1. The maximum absolute atomic E-state index is 12.4. The minimum atomic E-state index is -3.82. The van der Waals surface area contributed by atoms with Crippen molar-refractivity contribution in [2.75, 3.05) is 18.4 Å². The van der Waals surface area contributed by atoms with Crippen LogP contribution in [0.3, 0.4) is 0 Å². The van der Waals surface area contributed by atoms with E-state index in [9.17, 15) is 13.2 Å². The molecule has 0 fully saturated rings. The molecule has 1 aromatic rings. The van der Waals surface area contributed by atoms with Gasteiger partial charge >= 0.3 is 0 Å². The van der Waals surface area contributed by atoms with E-state index in [1.807, 2.05) is 6.07 Å². The molecule has 1 amide bonds. The van der Waals surface area contributed by atoms with Crippen molar-refractivity contribution < 1.29 is 13.2 Å². The van der Waals surface area contributed by atoms with Gasteiger partial charge in [0.1, 0.15) is 4.90 Å². The molecule has 1 atom stereocenters. The number of hydrogen-bond acceptors (Lipinski definition) is 5. The lowest BCUT2D eigenvalue weighted by molar-refractivity contribution is -0.118. The maximum Gasteiger partial charge on any atom is 0.243 e. The summed E-state index contributed by atoms with van der Waals surface area (Å²) in [6, 6.07) is 5.57. The van der Waals surface area contributed by atoms with Crippen LogP contribution in [0.15, 0.2) is 23.1 Å². The van der Waals surface area contributed by atoms with Crippen LogP contribution < -0.4 is 15.4 Å². The zero-order valence-electron chi connectivity index (χ0n) is 13.6. The number of hydrogen-bond donors (Lipinski definition) is 3. The number of nitrogens with one attached hydrogen (secondary N) is 3. The van der Waals surface area contributed by atoms with Crippen LogP contribution in [0.1, 0.15) is 25.8 Å². The van der Waals surface area contributed by atoms with Gasteiger partial charge in [-0.2, -0.15) is 9.98 Å². The first-order valence-electron chi connectivity index (χ1n) is 7.31. The standard InChI is InChI=1S/C16H20N4O3S/c1-4-12(2)20-24(22,23)16-7-6-14(11-17)10-15(16)19-9-5-8-18-13(3)21/h1,6-7,10,12,19-20H,5,8-9H2,2-3H3,(H,18,21). The fraction of sp³-hybridized carbons (Fsp3) is 0.375. The van der Waals surface area contributed by atoms with E-state index >= 15 is 0 Å². The van der Waals surface area contributed by atoms with Crippen molar-refractivity contribution >= 4 is 21.6 Å². The normalized spacial score (nSPS) is 11.8. The van der Waals surface area contributed by atoms with Crippen LogP contribution >= 0.6 is 0 Å². The van der Waals surface area contributed by atoms with Crippen LogP contribution in [-0.4, -0.2) is 33.5 Å². The van der Waals surface area contributed by atoms with Crippen molar-refractivity contribution in [3.8, 4) is 18.4 Å². The molecule has 128 valence electrons. The summed E-state index contributed by atoms with van der Waals surface area (Å²) in [5.74, 6) is 2.17. The van der Waals surface area contributed by atoms with Crippen LogP contribution in [0.25, 0.3) is 0 Å². The first-order chi connectivity index (χ1) is 11.3. The summed E-state index contributed by atoms with van der Waals surface area (Å²) in [5.41, 5.74) is 0.650. The Labute approximate surface area is 142 Å². The molecule has 1 aromatic carbocycles. The molecular formula is C16H20N4O3S. The number of carbonyl (C=O) groups is 1. The zero-order valence-corrected chi connectivity index (χ0v) is 14.4. The molecule has 1 unspecified atom stereocenters. The number of nitrogens with zero attached hydrogens (tertiary/aromatic N) is 1. The Bertz CT molecular complexity index is 775. The fourth-order valence-corrected chi connectivity index (χ4v) is 3.21. The van der Waals surface area contributed by atoms with Gasteiger partial charge in [-0.15, -0.1) is 6.42 Å². The van der Waals surface area contributed by atoms with E-state index in [0.29, 0.717) is 30.8 Å². The molecule has 0 spiro atoms. The molecule has 1 rings (SSSR count). The van der Waals surface area contributed by atoms with Gasteiger partial charge in [0.25, 0.3) is 0 Å². The van der Waals surface area contributed by atoms with Gasteiger partial charge in [-0.1, -0.05) is 5.92 Å². The average molecular weight is 348 g/mol. The van der Waals surface area contributed by atoms with Gasteiger partial charge in [-0.3, -0.25) is 4.79 Å². The lowest BCUT2D eigenvalue weighted by Crippen LogP contribution is -2.32. The van der Waals surface area contributed by atoms with Gasteiger partial charge < -0.3 is 10.6 Å². The molecule has 0 bridgehead atoms. The van der Waals surface area contributed by atoms with Crippen LogP contribution in [0.5, 0.6) is 0 Å². The molecule has 3 N–H and O–H groups in total. The van der Waals surface area contributed by atoms with E-state index in [2.05, 4.69) is 21.3 Å². The van der Waals surface area contributed by atoms with Crippen molar-refractivity contribution in [1.82, 2.24) is 10.0 Å². The molecule has 0 radical (unpaired) electrons. The van der Waals surface area contributed by atoms with Gasteiger partial charge in [0.05, 0.1) is 23.4 Å². The van der Waals surface area contributed by atoms with Gasteiger partial charge in [0, 0.05) is 20.0 Å². The van der Waals surface area contributed by atoms with Crippen molar-refractivity contribution in [2.24, 2.45) is 0 Å². The van der Waals surface area contributed by atoms with Crippen molar-refractivity contribution in [2.45, 2.75) is 31.2 Å². The summed E-state index contributed by atoms with van der Waals surface area (Å²) in [7, 11) is -3.82. The Balaban J connectivity index is 2.95. The maximum atomic E-state index is 12.4. The molecule has 0 aliphatic rings. The minimum absolute atomic E-state index is 0.0168. The monoisotopic (exact) mass is 348 g/mol. The van der Waals surface area contributed by atoms with Gasteiger partial charge in [-0.05, 0) is 31.5 Å². The molecule has 0 aromatic heterocycles. The Kier molecular flexibility index (Phi) is 7.25. The first kappa shape index (κ1) is 19.5. The summed E-state index contributed by atoms with van der Waals surface area (Å²) in [6.45, 7) is 3.88. The Morgan fingerprint density at radius 1 is 1.38 bits per heavy atom. The van der Waals surface area contributed by atoms with Gasteiger partial charge in [0.15, 0.2) is 0 Å². The Morgan fingerprint density at radius 2 is 2.08 bits per heavy atom. The SMILES string of the molecule is C#CC(C)NS(=O)(=O)c1ccc(C#N)cc1NCCCNC(C)=O. The lowest BCUT2D eigenvalue weighted by atomic mass is 10.2. The van der Waals surface area contributed by atoms with Crippen LogP contribution in [-0.2, 0) is 14.8 Å². The second-order valence-electron chi connectivity index (χ2n) is 5.10. The van der Waals surface area contributed by atoms with Crippen LogP contribution in [0.2, 0.25) is 0 Å². The Hall–Kier alpha value is -2.55. The molecule has 24 heavy (non-hydrogen) atoms. The van der Waals surface area contributed by atoms with E-state index in [-0.39, 0.29) is 10.8 Å². The molecular weight excluding hydrogens is 328 g/mol. The van der Waals surface area contributed by atoms with Crippen LogP contribution in [0, 0.1) is 23.7 Å². The summed E-state index contributed by atoms with van der Waals surface area (Å²) in [4.78, 5) is 10.8. The van der Waals surface area contributed by atoms with E-state index < -0.39 is 16.1 Å². The predicted octanol–water partition coefficient (Wildman–Crippen LogP) is 0.796. The molecule has 8 heteroatoms. The third-order valence-corrected chi connectivity index (χ3v) is 4.62. The van der Waals surface area contributed by atoms with E-state index in [0.717, 1.165) is 0 Å². The second kappa shape index (κ2) is 8.92. The van der Waals surface area contributed by atoms with Crippen molar-refractivity contribution in [3.63, 3.8) is 0 Å². The van der Waals surface area contributed by atoms with Crippen molar-refractivity contribution in [1.29, 1.82) is 5.26 Å². The number of rotatable bonds is 8. The van der Waals surface area contributed by atoms with E-state index in [4.69, 9.17) is 11.7 Å². The molecule has 0 saturated carbocycles. The Morgan fingerprint density at radius 3 is 2.67 bits per heavy atom. The predicted molar refractivity (Wildman–Crippen MR) is 91.6 cm³/mol. The molecule has 0 saturated heterocycles. The summed E-state index contributed by atoms with van der Waals surface area (Å²) in [6.07, 6.45) is 5.81. The number of carbonyl (C=O) groups excluding carboxylic acids is 1. The smallest absolute Gasteiger partial charge is 0.243 e. The van der Waals surface area contributed by atoms with E-state index in [1.165, 1.54) is 25.1 Å². The zero-order chi connectivity index (χ0) is 18.2. The number of terminal acetylenes is 1. The number of amides is 1. The topological polar surface area (TPSA) is 111 Å². The number of sulfonamides is 1. The quantitative estimate of drug-likeness (QED) is 0.475. The summed E-state index contributed by atoms with van der Waals surface area (Å²) < 4.78 is 27.2. The second-order valence-corrected chi connectivity index (χ2v) is 6.78. The summed E-state index contributed by atoms with van der Waals surface area (Å²) >= 11 is 0. The largest absolute Gasteiger partial charge is 0.384 e. The summed E-state index contributed by atoms with van der Waals surface area (Å²) in [5, 5.41) is 14.6. The molecule has 0 aliphatic carbocycles. The number of benzene rings is 1. The minimum Gasteiger partial charge on any atom is -0.384 e. The first-order valence-corrected chi connectivity index (χ1v) is 8.79. The average Bonchev–Trinajstić information content (AvgIpc) is 2.53. The third-order valence-electron chi connectivity index (χ3n) is 3.02. The highest BCUT2D eigenvalue weighted by Crippen LogP contribution is 2.23. The lowest BCUT2D eigenvalue weighted by Gasteiger charge is -2.15. The number of nitriles is 1. The third kappa shape index (κ3) is 5.92. The molecule has 0 aliphatic heterocycles.